The van der Waals surface area contributed by atoms with Gasteiger partial charge in [0, 0.05) is 10.8 Å². The van der Waals surface area contributed by atoms with E-state index in [1.165, 1.54) is 0 Å². The Balaban J connectivity index is 1.17. The third-order valence-corrected chi connectivity index (χ3v) is 17.2. The summed E-state index contributed by atoms with van der Waals surface area (Å²) in [4.78, 5) is 0. The predicted molar refractivity (Wildman–Crippen MR) is 192 cm³/mol. The molecule has 292 valence electrons. The highest BCUT2D eigenvalue weighted by Gasteiger charge is 2.65. The molecule has 0 aromatic rings. The van der Waals surface area contributed by atoms with Crippen LogP contribution in [0.25, 0.3) is 0 Å². The van der Waals surface area contributed by atoms with Crippen LogP contribution in [0.5, 0.6) is 0 Å². The summed E-state index contributed by atoms with van der Waals surface area (Å²) in [6.07, 6.45) is 18.5. The Morgan fingerprint density at radius 1 is 0.431 bits per heavy atom. The van der Waals surface area contributed by atoms with Gasteiger partial charge >= 0.3 is 0 Å². The third kappa shape index (κ3) is 7.37. The fraction of sp³-hybridized carbons (Fsp3) is 1.00. The fourth-order valence-corrected chi connectivity index (χ4v) is 13.2. The van der Waals surface area contributed by atoms with Crippen molar-refractivity contribution in [1.82, 2.24) is 0 Å². The normalized spacial score (nSPS) is 49.1. The number of hydrogen-bond donors (Lipinski definition) is 4. The number of hydrogen-bond acceptors (Lipinski definition) is 9. The lowest BCUT2D eigenvalue weighted by molar-refractivity contribution is -0.213. The van der Waals surface area contributed by atoms with Crippen LogP contribution >= 0.6 is 0 Å². The van der Waals surface area contributed by atoms with Crippen molar-refractivity contribution in [2.75, 3.05) is 39.6 Å². The monoisotopic (exact) mass is 719 g/mol. The van der Waals surface area contributed by atoms with Crippen LogP contribution in [0.2, 0.25) is 0 Å². The topological polar surface area (TPSA) is 140 Å². The number of epoxide rings is 4. The van der Waals surface area contributed by atoms with Gasteiger partial charge in [-0.15, -0.1) is 0 Å². The molecule has 4 N–H and O–H groups in total. The lowest BCUT2D eigenvalue weighted by Crippen LogP contribution is -2.60. The van der Waals surface area contributed by atoms with E-state index >= 15 is 0 Å². The molecule has 4 aliphatic carbocycles. The first-order valence-electron chi connectivity index (χ1n) is 21.2. The summed E-state index contributed by atoms with van der Waals surface area (Å²) in [7, 11) is 0. The average molecular weight is 719 g/mol. The molecule has 0 spiro atoms. The van der Waals surface area contributed by atoms with E-state index in [1.807, 2.05) is 0 Å². The Morgan fingerprint density at radius 3 is 0.804 bits per heavy atom. The zero-order chi connectivity index (χ0) is 35.5. The van der Waals surface area contributed by atoms with Gasteiger partial charge in [0.15, 0.2) is 0 Å². The Labute approximate surface area is 306 Å². The molecule has 9 nitrogen and oxygen atoms in total. The van der Waals surface area contributed by atoms with E-state index in [2.05, 4.69) is 13.8 Å². The molecule has 0 aromatic carbocycles. The Morgan fingerprint density at radius 2 is 0.627 bits per heavy atom. The van der Waals surface area contributed by atoms with E-state index in [-0.39, 0.29) is 81.3 Å². The summed E-state index contributed by atoms with van der Waals surface area (Å²) in [5.41, 5.74) is -0.559. The van der Waals surface area contributed by atoms with E-state index in [9.17, 15) is 20.4 Å². The smallest absolute Gasteiger partial charge is 0.0815 e. The van der Waals surface area contributed by atoms with Crippen molar-refractivity contribution < 1.29 is 44.1 Å². The highest BCUT2D eigenvalue weighted by atomic mass is 16.6. The van der Waals surface area contributed by atoms with Gasteiger partial charge in [-0.25, -0.2) is 0 Å². The maximum absolute atomic E-state index is 10.9. The van der Waals surface area contributed by atoms with Gasteiger partial charge in [-0.2, -0.15) is 0 Å². The number of rotatable bonds is 16. The minimum atomic E-state index is -0.250. The van der Waals surface area contributed by atoms with Gasteiger partial charge < -0.3 is 44.1 Å². The van der Waals surface area contributed by atoms with Crippen molar-refractivity contribution in [2.24, 2.45) is 32.5 Å². The van der Waals surface area contributed by atoms with Crippen molar-refractivity contribution in [3.8, 4) is 0 Å². The zero-order valence-corrected chi connectivity index (χ0v) is 31.8. The molecular formula is C42H70O9. The quantitative estimate of drug-likeness (QED) is 0.145. The molecule has 4 unspecified atom stereocenters. The van der Waals surface area contributed by atoms with E-state index < -0.39 is 0 Å². The Bertz CT molecular complexity index is 989. The van der Waals surface area contributed by atoms with Crippen LogP contribution in [0, 0.1) is 32.5 Å². The average Bonchev–Trinajstić information content (AvgIpc) is 3.89. The summed E-state index contributed by atoms with van der Waals surface area (Å²) in [6.45, 7) is 9.67. The minimum Gasteiger partial charge on any atom is -0.393 e. The molecule has 51 heavy (non-hydrogen) atoms. The molecule has 4 saturated carbocycles. The van der Waals surface area contributed by atoms with Gasteiger partial charge in [-0.3, -0.25) is 0 Å². The summed E-state index contributed by atoms with van der Waals surface area (Å²) >= 11 is 0. The second-order valence-corrected chi connectivity index (χ2v) is 19.8. The Kier molecular flexibility index (Phi) is 10.5. The predicted octanol–water partition coefficient (Wildman–Crippen LogP) is 5.86. The SMILES string of the molecule is CC(COCC(C)(C1(CC2CO2)CCC(O)CC1)C1(CC2CO2)CCC(O)CC1)(C1(CC2CO2)CCC(O)CC1)C1(CC2CO2)CCC(O)CC1. The highest BCUT2D eigenvalue weighted by molar-refractivity contribution is 5.14. The van der Waals surface area contributed by atoms with Crippen LogP contribution in [-0.4, -0.2) is 109 Å². The molecule has 0 bridgehead atoms. The van der Waals surface area contributed by atoms with Crippen LogP contribution in [0.3, 0.4) is 0 Å². The molecule has 8 aliphatic rings. The van der Waals surface area contributed by atoms with Crippen LogP contribution in [-0.2, 0) is 23.7 Å². The molecule has 8 fully saturated rings. The highest BCUT2D eigenvalue weighted by Crippen LogP contribution is 2.69. The zero-order valence-electron chi connectivity index (χ0n) is 31.8. The van der Waals surface area contributed by atoms with Gasteiger partial charge in [0.25, 0.3) is 0 Å². The summed E-state index contributed by atoms with van der Waals surface area (Å²) in [5, 5.41) is 43.5. The minimum absolute atomic E-state index is 0.0377. The van der Waals surface area contributed by atoms with E-state index in [0.717, 1.165) is 155 Å². The third-order valence-electron chi connectivity index (χ3n) is 17.2. The molecule has 0 radical (unpaired) electrons. The molecule has 4 saturated heterocycles. The summed E-state index contributed by atoms with van der Waals surface area (Å²) in [6, 6.07) is 0. The second-order valence-electron chi connectivity index (χ2n) is 19.8. The lowest BCUT2D eigenvalue weighted by Gasteiger charge is -2.64. The van der Waals surface area contributed by atoms with Crippen molar-refractivity contribution >= 4 is 0 Å². The largest absolute Gasteiger partial charge is 0.393 e. The first-order valence-corrected chi connectivity index (χ1v) is 21.2. The Hall–Kier alpha value is -0.360. The number of aliphatic hydroxyl groups is 4. The molecular weight excluding hydrogens is 648 g/mol. The maximum Gasteiger partial charge on any atom is 0.0815 e. The lowest BCUT2D eigenvalue weighted by atomic mass is 9.42. The first kappa shape index (κ1) is 37.6. The molecule has 9 heteroatoms. The number of aliphatic hydroxyl groups excluding tert-OH is 4. The molecule has 4 heterocycles. The standard InChI is InChI=1S/C42H70O9/c1-37(39(19-33-23-48-33)11-3-29(43)4-12-39,40(20-34-24-49-34)13-5-30(44)6-14-40)27-47-28-38(2,41(21-35-25-50-35)15-7-31(45)8-16-41)42(22-36-26-51-36)17-9-32(46)10-18-42/h29-36,43-46H,3-28H2,1-2H3. The van der Waals surface area contributed by atoms with Crippen LogP contribution < -0.4 is 0 Å². The molecule has 4 atom stereocenters. The van der Waals surface area contributed by atoms with Gasteiger partial charge in [0.2, 0.25) is 0 Å². The van der Waals surface area contributed by atoms with Crippen LogP contribution in [0.15, 0.2) is 0 Å². The van der Waals surface area contributed by atoms with E-state index in [1.54, 1.807) is 0 Å². The number of ether oxygens (including phenoxy) is 5. The first-order chi connectivity index (χ1) is 24.4. The van der Waals surface area contributed by atoms with Gasteiger partial charge in [0.1, 0.15) is 0 Å². The summed E-state index contributed by atoms with van der Waals surface area (Å²) in [5.74, 6) is 0. The van der Waals surface area contributed by atoms with Gasteiger partial charge in [0.05, 0.1) is 88.5 Å². The van der Waals surface area contributed by atoms with Gasteiger partial charge in [-0.1, -0.05) is 13.8 Å². The molecule has 0 aromatic heterocycles. The molecule has 0 amide bonds. The van der Waals surface area contributed by atoms with Crippen molar-refractivity contribution in [2.45, 2.75) is 191 Å². The van der Waals surface area contributed by atoms with Crippen molar-refractivity contribution in [3.63, 3.8) is 0 Å². The molecule has 8 rings (SSSR count). The van der Waals surface area contributed by atoms with Crippen LogP contribution in [0.1, 0.15) is 142 Å². The van der Waals surface area contributed by atoms with E-state index in [0.29, 0.717) is 13.2 Å². The summed E-state index contributed by atoms with van der Waals surface area (Å²) < 4.78 is 31.6. The fourth-order valence-electron chi connectivity index (χ4n) is 13.2. The second kappa shape index (κ2) is 14.3. The molecule has 4 aliphatic heterocycles. The maximum atomic E-state index is 10.9. The van der Waals surface area contributed by atoms with Gasteiger partial charge in [-0.05, 0) is 150 Å². The van der Waals surface area contributed by atoms with Crippen molar-refractivity contribution in [1.29, 1.82) is 0 Å². The van der Waals surface area contributed by atoms with Crippen LogP contribution in [0.4, 0.5) is 0 Å². The van der Waals surface area contributed by atoms with E-state index in [4.69, 9.17) is 23.7 Å². The van der Waals surface area contributed by atoms with Crippen molar-refractivity contribution in [3.05, 3.63) is 0 Å².